The Morgan fingerprint density at radius 1 is 1.08 bits per heavy atom. The molecule has 0 bridgehead atoms. The molecule has 9 heteroatoms. The summed E-state index contributed by atoms with van der Waals surface area (Å²) in [7, 11) is 1.52. The summed E-state index contributed by atoms with van der Waals surface area (Å²) in [5.41, 5.74) is 2.57. The molecule has 2 aromatic rings. The van der Waals surface area contributed by atoms with Gasteiger partial charge in [0.2, 0.25) is 5.85 Å². The lowest BCUT2D eigenvalue weighted by atomic mass is 10.1. The molecule has 1 aliphatic heterocycles. The van der Waals surface area contributed by atoms with Crippen molar-refractivity contribution < 1.29 is 18.3 Å². The van der Waals surface area contributed by atoms with Crippen molar-refractivity contribution >= 4 is 23.1 Å². The second-order valence-corrected chi connectivity index (χ2v) is 9.10. The highest BCUT2D eigenvalue weighted by atomic mass is 32.2. The van der Waals surface area contributed by atoms with Crippen LogP contribution >= 0.6 is 11.8 Å². The van der Waals surface area contributed by atoms with Gasteiger partial charge in [-0.25, -0.2) is 14.4 Å². The maximum atomic E-state index is 15.0. The molecule has 2 heterocycles. The van der Waals surface area contributed by atoms with E-state index in [0.717, 1.165) is 43.4 Å². The van der Waals surface area contributed by atoms with Crippen LogP contribution in [0, 0.1) is 0 Å². The number of rotatable bonds is 13. The SMILES string of the molecule is CC.CC.CCCCCCC[C@](C)(F)Oc1cc(NC2NC(c3cnc(OC)nc3)=CS2)ccc1CF. The maximum absolute atomic E-state index is 15.0. The van der Waals surface area contributed by atoms with Gasteiger partial charge in [-0.1, -0.05) is 78.1 Å². The summed E-state index contributed by atoms with van der Waals surface area (Å²) in [5.74, 6) is -1.63. The molecular weight excluding hydrogens is 494 g/mol. The van der Waals surface area contributed by atoms with Gasteiger partial charge in [-0.3, -0.25) is 0 Å². The fourth-order valence-corrected chi connectivity index (χ4v) is 4.33. The van der Waals surface area contributed by atoms with Gasteiger partial charge in [-0.2, -0.15) is 4.39 Å². The predicted molar refractivity (Wildman–Crippen MR) is 152 cm³/mol. The summed E-state index contributed by atoms with van der Waals surface area (Å²) in [6.07, 6.45) is 8.72. The van der Waals surface area contributed by atoms with Crippen molar-refractivity contribution in [2.24, 2.45) is 0 Å². The van der Waals surface area contributed by atoms with Gasteiger partial charge in [0.05, 0.1) is 12.8 Å². The molecule has 3 rings (SSSR count). The van der Waals surface area contributed by atoms with Gasteiger partial charge in [-0.05, 0) is 17.9 Å². The average molecular weight is 539 g/mol. The van der Waals surface area contributed by atoms with Crippen molar-refractivity contribution in [2.45, 2.75) is 98.1 Å². The smallest absolute Gasteiger partial charge is 0.316 e. The Hall–Kier alpha value is -2.55. The van der Waals surface area contributed by atoms with Gasteiger partial charge in [0.15, 0.2) is 0 Å². The molecular formula is C28H44F2N4O2S. The topological polar surface area (TPSA) is 68.3 Å². The molecule has 0 saturated heterocycles. The molecule has 37 heavy (non-hydrogen) atoms. The number of hydrogen-bond acceptors (Lipinski definition) is 7. The van der Waals surface area contributed by atoms with E-state index in [0.29, 0.717) is 17.3 Å². The third-order valence-electron chi connectivity index (χ3n) is 5.29. The Balaban J connectivity index is 0.00000163. The van der Waals surface area contributed by atoms with E-state index >= 15 is 4.39 Å². The third-order valence-corrected chi connectivity index (χ3v) is 6.17. The standard InChI is InChI=1S/C24H32F2N4O2S.2C2H6/c1-4-5-6-7-8-11-24(2,26)32-21-12-19(10-9-17(21)13-25)29-23-30-20(16-33-23)18-14-27-22(31-3)28-15-18;2*1-2/h9-10,12,14-16,23,29-30H,4-8,11,13H2,1-3H3;2*1-2H3/t23?,24-;;/m1../s1. The van der Waals surface area contributed by atoms with E-state index in [-0.39, 0.29) is 17.7 Å². The monoisotopic (exact) mass is 538 g/mol. The highest BCUT2D eigenvalue weighted by Crippen LogP contribution is 2.33. The van der Waals surface area contributed by atoms with Crippen LogP contribution < -0.4 is 20.1 Å². The van der Waals surface area contributed by atoms with Crippen LogP contribution in [0.1, 0.15) is 91.2 Å². The number of ether oxygens (including phenoxy) is 2. The van der Waals surface area contributed by atoms with Crippen LogP contribution in [0.15, 0.2) is 36.0 Å². The number of aromatic nitrogens is 2. The predicted octanol–water partition coefficient (Wildman–Crippen LogP) is 8.46. The molecule has 0 amide bonds. The van der Waals surface area contributed by atoms with E-state index in [4.69, 9.17) is 9.47 Å². The van der Waals surface area contributed by atoms with Gasteiger partial charge in [0, 0.05) is 48.6 Å². The number of benzene rings is 1. The first kappa shape index (κ1) is 32.5. The molecule has 2 N–H and O–H groups in total. The van der Waals surface area contributed by atoms with E-state index < -0.39 is 12.5 Å². The molecule has 1 unspecified atom stereocenters. The van der Waals surface area contributed by atoms with Gasteiger partial charge in [-0.15, -0.1) is 0 Å². The maximum Gasteiger partial charge on any atom is 0.316 e. The highest BCUT2D eigenvalue weighted by Gasteiger charge is 2.26. The first-order chi connectivity index (χ1) is 17.9. The second kappa shape index (κ2) is 17.8. The van der Waals surface area contributed by atoms with E-state index in [1.165, 1.54) is 25.8 Å². The number of thioether (sulfide) groups is 1. The van der Waals surface area contributed by atoms with Crippen LogP contribution in [0.2, 0.25) is 0 Å². The van der Waals surface area contributed by atoms with Crippen LogP contribution in [0.3, 0.4) is 0 Å². The second-order valence-electron chi connectivity index (χ2n) is 8.12. The van der Waals surface area contributed by atoms with E-state index in [9.17, 15) is 4.39 Å². The van der Waals surface area contributed by atoms with Gasteiger partial charge in [0.1, 0.15) is 17.9 Å². The lowest BCUT2D eigenvalue weighted by Gasteiger charge is -2.24. The Morgan fingerprint density at radius 3 is 2.38 bits per heavy atom. The minimum absolute atomic E-state index is 0.165. The summed E-state index contributed by atoms with van der Waals surface area (Å²) in [6, 6.07) is 5.35. The summed E-state index contributed by atoms with van der Waals surface area (Å²) in [5, 5.41) is 8.62. The zero-order chi connectivity index (χ0) is 27.7. The molecule has 0 fully saturated rings. The highest BCUT2D eigenvalue weighted by molar-refractivity contribution is 8.03. The normalized spacial score (nSPS) is 15.6. The van der Waals surface area contributed by atoms with Crippen molar-refractivity contribution in [2.75, 3.05) is 12.4 Å². The average Bonchev–Trinajstić information content (AvgIpc) is 3.39. The molecule has 0 saturated carbocycles. The third kappa shape index (κ3) is 11.2. The number of nitrogens with zero attached hydrogens (tertiary/aromatic N) is 2. The van der Waals surface area contributed by atoms with Crippen molar-refractivity contribution in [3.8, 4) is 11.8 Å². The largest absolute Gasteiger partial charge is 0.467 e. The van der Waals surface area contributed by atoms with E-state index in [1.54, 1.807) is 30.6 Å². The van der Waals surface area contributed by atoms with Crippen LogP contribution in [0.5, 0.6) is 11.8 Å². The number of nitrogens with one attached hydrogen (secondary N) is 2. The summed E-state index contributed by atoms with van der Waals surface area (Å²) in [4.78, 5) is 8.24. The molecule has 1 aliphatic rings. The number of methoxy groups -OCH3 is 1. The number of unbranched alkanes of at least 4 members (excludes halogenated alkanes) is 4. The Kier molecular flexibility index (Phi) is 15.6. The minimum atomic E-state index is -1.85. The fraction of sp³-hybridized carbons (Fsp3) is 0.571. The molecule has 0 aliphatic carbocycles. The first-order valence-corrected chi connectivity index (χ1v) is 14.2. The van der Waals surface area contributed by atoms with E-state index in [2.05, 4.69) is 27.5 Å². The van der Waals surface area contributed by atoms with Gasteiger partial charge >= 0.3 is 6.01 Å². The summed E-state index contributed by atoms with van der Waals surface area (Å²) in [6.45, 7) is 10.8. The lowest BCUT2D eigenvalue weighted by molar-refractivity contribution is -0.0539. The Bertz CT molecular complexity index is 927. The molecule has 1 aromatic heterocycles. The molecule has 208 valence electrons. The minimum Gasteiger partial charge on any atom is -0.467 e. The lowest BCUT2D eigenvalue weighted by Crippen LogP contribution is -2.28. The summed E-state index contributed by atoms with van der Waals surface area (Å²) >= 11 is 1.54. The Morgan fingerprint density at radius 2 is 1.76 bits per heavy atom. The van der Waals surface area contributed by atoms with Gasteiger partial charge < -0.3 is 20.1 Å². The van der Waals surface area contributed by atoms with Crippen LogP contribution in [0.4, 0.5) is 14.5 Å². The van der Waals surface area contributed by atoms with Crippen LogP contribution in [0.25, 0.3) is 5.70 Å². The van der Waals surface area contributed by atoms with Crippen molar-refractivity contribution in [1.29, 1.82) is 0 Å². The molecule has 0 radical (unpaired) electrons. The molecule has 0 spiro atoms. The zero-order valence-electron chi connectivity index (χ0n) is 23.4. The van der Waals surface area contributed by atoms with Crippen LogP contribution in [-0.4, -0.2) is 28.4 Å². The Labute approximate surface area is 226 Å². The number of hydrogen-bond donors (Lipinski definition) is 2. The zero-order valence-corrected chi connectivity index (χ0v) is 24.2. The number of alkyl halides is 2. The molecule has 2 atom stereocenters. The van der Waals surface area contributed by atoms with Crippen molar-refractivity contribution in [3.63, 3.8) is 0 Å². The number of halogens is 2. The molecule has 1 aromatic carbocycles. The van der Waals surface area contributed by atoms with Gasteiger partial charge in [0.25, 0.3) is 0 Å². The van der Waals surface area contributed by atoms with Crippen LogP contribution in [-0.2, 0) is 6.67 Å². The van der Waals surface area contributed by atoms with E-state index in [1.807, 2.05) is 33.1 Å². The first-order valence-electron chi connectivity index (χ1n) is 13.3. The summed E-state index contributed by atoms with van der Waals surface area (Å²) < 4.78 is 39.2. The van der Waals surface area contributed by atoms with Crippen molar-refractivity contribution in [3.05, 3.63) is 47.1 Å². The molecule has 6 nitrogen and oxygen atoms in total. The van der Waals surface area contributed by atoms with Crippen molar-refractivity contribution in [1.82, 2.24) is 15.3 Å². The quantitative estimate of drug-likeness (QED) is 0.248. The fourth-order valence-electron chi connectivity index (χ4n) is 3.45. The number of anilines is 1.